The highest BCUT2D eigenvalue weighted by atomic mass is 16.5. The SMILES string of the molecule is CCc1ccc(OCC(=O)NNC(=O)/C=C/c2cc(OC)c(OC)c(OC)c2)cc1. The number of nitrogens with one attached hydrogen (secondary N) is 2. The van der Waals surface area contributed by atoms with Gasteiger partial charge in [0.15, 0.2) is 18.1 Å². The van der Waals surface area contributed by atoms with Gasteiger partial charge in [0.25, 0.3) is 11.8 Å². The number of carbonyl (C=O) groups is 2. The van der Waals surface area contributed by atoms with Crippen LogP contribution in [0.1, 0.15) is 18.1 Å². The minimum Gasteiger partial charge on any atom is -0.493 e. The molecule has 2 rings (SSSR count). The summed E-state index contributed by atoms with van der Waals surface area (Å²) in [4.78, 5) is 23.8. The smallest absolute Gasteiger partial charge is 0.276 e. The van der Waals surface area contributed by atoms with Gasteiger partial charge in [-0.1, -0.05) is 19.1 Å². The molecule has 2 aromatic rings. The zero-order valence-electron chi connectivity index (χ0n) is 17.5. The molecule has 30 heavy (non-hydrogen) atoms. The van der Waals surface area contributed by atoms with Crippen LogP contribution in [-0.2, 0) is 16.0 Å². The third kappa shape index (κ3) is 6.44. The molecule has 0 aliphatic rings. The van der Waals surface area contributed by atoms with E-state index in [0.717, 1.165) is 6.42 Å². The summed E-state index contributed by atoms with van der Waals surface area (Å²) in [7, 11) is 4.52. The Kier molecular flexibility index (Phi) is 8.56. The quantitative estimate of drug-likeness (QED) is 0.484. The standard InChI is InChI=1S/C22H26N2O6/c1-5-15-6-9-17(10-7-15)30-14-21(26)24-23-20(25)11-8-16-12-18(27-2)22(29-4)19(13-16)28-3/h6-13H,5,14H2,1-4H3,(H,23,25)(H,24,26)/b11-8+. The molecular formula is C22H26N2O6. The zero-order valence-corrected chi connectivity index (χ0v) is 17.5. The number of hydrogen-bond acceptors (Lipinski definition) is 6. The summed E-state index contributed by atoms with van der Waals surface area (Å²) in [5.41, 5.74) is 6.42. The van der Waals surface area contributed by atoms with E-state index in [4.69, 9.17) is 18.9 Å². The Morgan fingerprint density at radius 3 is 2.10 bits per heavy atom. The van der Waals surface area contributed by atoms with E-state index in [2.05, 4.69) is 17.8 Å². The lowest BCUT2D eigenvalue weighted by Gasteiger charge is -2.12. The van der Waals surface area contributed by atoms with Crippen molar-refractivity contribution in [2.24, 2.45) is 0 Å². The molecule has 2 amide bonds. The molecule has 0 heterocycles. The van der Waals surface area contributed by atoms with Gasteiger partial charge in [0.1, 0.15) is 5.75 Å². The zero-order chi connectivity index (χ0) is 21.9. The Balaban J connectivity index is 1.86. The van der Waals surface area contributed by atoms with E-state index in [1.807, 2.05) is 12.1 Å². The first kappa shape index (κ1) is 22.6. The fourth-order valence-electron chi connectivity index (χ4n) is 2.55. The number of rotatable bonds is 9. The molecule has 160 valence electrons. The normalized spacial score (nSPS) is 10.4. The molecule has 0 saturated carbocycles. The predicted octanol–water partition coefficient (Wildman–Crippen LogP) is 2.51. The number of ether oxygens (including phenoxy) is 4. The first-order chi connectivity index (χ1) is 14.5. The van der Waals surface area contributed by atoms with E-state index in [9.17, 15) is 9.59 Å². The van der Waals surface area contributed by atoms with Crippen molar-refractivity contribution >= 4 is 17.9 Å². The van der Waals surface area contributed by atoms with Crippen molar-refractivity contribution in [3.63, 3.8) is 0 Å². The molecule has 0 saturated heterocycles. The molecule has 0 bridgehead atoms. The van der Waals surface area contributed by atoms with Gasteiger partial charge in [0.2, 0.25) is 5.75 Å². The van der Waals surface area contributed by atoms with Crippen LogP contribution in [0.5, 0.6) is 23.0 Å². The molecule has 0 radical (unpaired) electrons. The molecule has 8 heteroatoms. The lowest BCUT2D eigenvalue weighted by molar-refractivity contribution is -0.128. The second kappa shape index (κ2) is 11.4. The second-order valence-electron chi connectivity index (χ2n) is 6.12. The van der Waals surface area contributed by atoms with Crippen molar-refractivity contribution in [2.75, 3.05) is 27.9 Å². The Labute approximate surface area is 175 Å². The predicted molar refractivity (Wildman–Crippen MR) is 113 cm³/mol. The van der Waals surface area contributed by atoms with Crippen LogP contribution in [0.3, 0.4) is 0 Å². The molecule has 0 atom stereocenters. The maximum absolute atomic E-state index is 12.0. The third-order valence-corrected chi connectivity index (χ3v) is 4.14. The lowest BCUT2D eigenvalue weighted by atomic mass is 10.1. The summed E-state index contributed by atoms with van der Waals surface area (Å²) < 4.78 is 21.2. The Morgan fingerprint density at radius 2 is 1.57 bits per heavy atom. The van der Waals surface area contributed by atoms with Gasteiger partial charge in [-0.05, 0) is 47.9 Å². The highest BCUT2D eigenvalue weighted by molar-refractivity contribution is 5.93. The number of amides is 2. The molecule has 0 aliphatic heterocycles. The van der Waals surface area contributed by atoms with Crippen molar-refractivity contribution in [1.29, 1.82) is 0 Å². The summed E-state index contributed by atoms with van der Waals surface area (Å²) in [5.74, 6) is 0.978. The number of hydrogen-bond donors (Lipinski definition) is 2. The minimum absolute atomic E-state index is 0.220. The van der Waals surface area contributed by atoms with Gasteiger partial charge in [-0.15, -0.1) is 0 Å². The average Bonchev–Trinajstić information content (AvgIpc) is 2.79. The molecule has 2 aromatic carbocycles. The first-order valence-electron chi connectivity index (χ1n) is 9.29. The lowest BCUT2D eigenvalue weighted by Crippen LogP contribution is -2.43. The van der Waals surface area contributed by atoms with Crippen LogP contribution in [0, 0.1) is 0 Å². The number of carbonyl (C=O) groups excluding carboxylic acids is 2. The van der Waals surface area contributed by atoms with Crippen LogP contribution < -0.4 is 29.8 Å². The number of hydrazine groups is 1. The Morgan fingerprint density at radius 1 is 0.933 bits per heavy atom. The maximum atomic E-state index is 12.0. The monoisotopic (exact) mass is 414 g/mol. The molecular weight excluding hydrogens is 388 g/mol. The Bertz CT molecular complexity index is 868. The van der Waals surface area contributed by atoms with E-state index in [1.165, 1.54) is 33.0 Å². The topological polar surface area (TPSA) is 95.1 Å². The minimum atomic E-state index is -0.510. The number of aryl methyl sites for hydroxylation is 1. The van der Waals surface area contributed by atoms with Crippen molar-refractivity contribution in [3.05, 3.63) is 53.6 Å². The largest absolute Gasteiger partial charge is 0.493 e. The fraction of sp³-hybridized carbons (Fsp3) is 0.273. The van der Waals surface area contributed by atoms with Gasteiger partial charge in [-0.2, -0.15) is 0 Å². The maximum Gasteiger partial charge on any atom is 0.276 e. The van der Waals surface area contributed by atoms with Crippen molar-refractivity contribution < 1.29 is 28.5 Å². The second-order valence-corrected chi connectivity index (χ2v) is 6.12. The first-order valence-corrected chi connectivity index (χ1v) is 9.29. The van der Waals surface area contributed by atoms with Gasteiger partial charge in [-0.3, -0.25) is 20.4 Å². The van der Waals surface area contributed by atoms with Gasteiger partial charge in [-0.25, -0.2) is 0 Å². The van der Waals surface area contributed by atoms with Crippen molar-refractivity contribution in [1.82, 2.24) is 10.9 Å². The van der Waals surface area contributed by atoms with Crippen LogP contribution in [0.2, 0.25) is 0 Å². The van der Waals surface area contributed by atoms with Crippen LogP contribution in [-0.4, -0.2) is 39.8 Å². The molecule has 0 spiro atoms. The van der Waals surface area contributed by atoms with E-state index in [-0.39, 0.29) is 6.61 Å². The number of benzene rings is 2. The molecule has 2 N–H and O–H groups in total. The van der Waals surface area contributed by atoms with Gasteiger partial charge >= 0.3 is 0 Å². The summed E-state index contributed by atoms with van der Waals surface area (Å²) in [5, 5.41) is 0. The highest BCUT2D eigenvalue weighted by Crippen LogP contribution is 2.38. The van der Waals surface area contributed by atoms with E-state index in [0.29, 0.717) is 28.6 Å². The highest BCUT2D eigenvalue weighted by Gasteiger charge is 2.12. The van der Waals surface area contributed by atoms with Crippen molar-refractivity contribution in [3.8, 4) is 23.0 Å². The number of methoxy groups -OCH3 is 3. The van der Waals surface area contributed by atoms with Gasteiger partial charge in [0, 0.05) is 6.08 Å². The molecule has 0 unspecified atom stereocenters. The fourth-order valence-corrected chi connectivity index (χ4v) is 2.55. The molecule has 8 nitrogen and oxygen atoms in total. The third-order valence-electron chi connectivity index (χ3n) is 4.14. The van der Waals surface area contributed by atoms with Crippen LogP contribution in [0.4, 0.5) is 0 Å². The van der Waals surface area contributed by atoms with Crippen LogP contribution in [0.15, 0.2) is 42.5 Å². The molecule has 0 fully saturated rings. The summed E-state index contributed by atoms with van der Waals surface area (Å²) in [6.07, 6.45) is 3.75. The summed E-state index contributed by atoms with van der Waals surface area (Å²) in [6, 6.07) is 10.9. The summed E-state index contributed by atoms with van der Waals surface area (Å²) >= 11 is 0. The van der Waals surface area contributed by atoms with E-state index >= 15 is 0 Å². The van der Waals surface area contributed by atoms with Gasteiger partial charge < -0.3 is 18.9 Å². The Hall–Kier alpha value is -3.68. The van der Waals surface area contributed by atoms with E-state index < -0.39 is 11.8 Å². The van der Waals surface area contributed by atoms with Crippen LogP contribution >= 0.6 is 0 Å². The average molecular weight is 414 g/mol. The summed E-state index contributed by atoms with van der Waals surface area (Å²) in [6.45, 7) is 1.84. The van der Waals surface area contributed by atoms with Crippen molar-refractivity contribution in [2.45, 2.75) is 13.3 Å². The van der Waals surface area contributed by atoms with E-state index in [1.54, 1.807) is 30.3 Å². The van der Waals surface area contributed by atoms with Crippen LogP contribution in [0.25, 0.3) is 6.08 Å². The molecule has 0 aromatic heterocycles. The molecule has 0 aliphatic carbocycles. The van der Waals surface area contributed by atoms with Gasteiger partial charge in [0.05, 0.1) is 21.3 Å².